The van der Waals surface area contributed by atoms with Crippen molar-refractivity contribution >= 4 is 38.1 Å². The van der Waals surface area contributed by atoms with Gasteiger partial charge in [-0.05, 0) is 12.1 Å². The molecule has 2 aliphatic heterocycles. The topological polar surface area (TPSA) is 123 Å². The Hall–Kier alpha value is -2.49. The van der Waals surface area contributed by atoms with E-state index in [0.717, 1.165) is 12.7 Å². The van der Waals surface area contributed by atoms with Gasteiger partial charge in [0.25, 0.3) is 5.91 Å². The van der Waals surface area contributed by atoms with Crippen LogP contribution >= 0.6 is 11.3 Å². The monoisotopic (exact) mass is 541 g/mol. The van der Waals surface area contributed by atoms with Gasteiger partial charge in [0.1, 0.15) is 0 Å². The number of carbonyl (C=O) groups excluding carboxylic acids is 1. The number of ether oxygens (including phenoxy) is 2. The summed E-state index contributed by atoms with van der Waals surface area (Å²) in [5.41, 5.74) is 0.250. The van der Waals surface area contributed by atoms with E-state index in [-0.39, 0.29) is 21.8 Å². The zero-order valence-corrected chi connectivity index (χ0v) is 21.4. The van der Waals surface area contributed by atoms with E-state index in [4.69, 9.17) is 14.3 Å². The number of hydrogen-bond acceptors (Lipinski definition) is 10. The maximum absolute atomic E-state index is 13.3. The molecular weight excluding hydrogens is 513 g/mol. The summed E-state index contributed by atoms with van der Waals surface area (Å²) in [5, 5.41) is 6.05. The number of nitrogens with one attached hydrogen (secondary N) is 1. The van der Waals surface area contributed by atoms with Crippen LogP contribution in [0.2, 0.25) is 0 Å². The smallest absolute Gasteiger partial charge is 0.280 e. The number of rotatable bonds is 10. The third-order valence-electron chi connectivity index (χ3n) is 5.80. The van der Waals surface area contributed by atoms with E-state index in [1.54, 1.807) is 7.11 Å². The van der Waals surface area contributed by atoms with E-state index in [9.17, 15) is 17.6 Å². The second-order valence-corrected chi connectivity index (χ2v) is 11.1. The van der Waals surface area contributed by atoms with Crippen LogP contribution in [-0.4, -0.2) is 100.0 Å². The normalized spacial score (nSPS) is 19.9. The average Bonchev–Trinajstić information content (AvgIpc) is 3.55. The highest BCUT2D eigenvalue weighted by Crippen LogP contribution is 2.21. The zero-order chi connectivity index (χ0) is 25.5. The van der Waals surface area contributed by atoms with Crippen molar-refractivity contribution in [1.82, 2.24) is 14.2 Å². The molecule has 0 saturated carbocycles. The molecule has 1 amide bonds. The first-order valence-corrected chi connectivity index (χ1v) is 13.7. The molecule has 2 saturated heterocycles. The van der Waals surface area contributed by atoms with Crippen LogP contribution in [0.25, 0.3) is 0 Å². The van der Waals surface area contributed by atoms with Gasteiger partial charge in [-0.3, -0.25) is 15.0 Å². The Balaban J connectivity index is 1.49. The molecule has 1 aromatic heterocycles. The first-order chi connectivity index (χ1) is 17.4. The number of halogens is 1. The third-order valence-corrected chi connectivity index (χ3v) is 8.42. The first kappa shape index (κ1) is 26.6. The minimum Gasteiger partial charge on any atom is -0.389 e. The van der Waals surface area contributed by atoms with E-state index < -0.39 is 21.1 Å². The Morgan fingerprint density at radius 1 is 1.28 bits per heavy atom. The van der Waals surface area contributed by atoms with Crippen molar-refractivity contribution in [1.29, 1.82) is 0 Å². The van der Waals surface area contributed by atoms with Crippen molar-refractivity contribution in [3.05, 3.63) is 41.2 Å². The second-order valence-electron chi connectivity index (χ2n) is 8.22. The van der Waals surface area contributed by atoms with Gasteiger partial charge >= 0.3 is 0 Å². The van der Waals surface area contributed by atoms with Crippen molar-refractivity contribution in [2.75, 3.05) is 65.0 Å². The molecule has 0 aliphatic carbocycles. The number of carbonyl (C=O) groups is 1. The predicted molar refractivity (Wildman–Crippen MR) is 131 cm³/mol. The van der Waals surface area contributed by atoms with Crippen molar-refractivity contribution in [2.24, 2.45) is 5.16 Å². The number of aromatic nitrogens is 1. The molecule has 196 valence electrons. The van der Waals surface area contributed by atoms with Crippen LogP contribution < -0.4 is 5.32 Å². The van der Waals surface area contributed by atoms with Gasteiger partial charge in [0, 0.05) is 51.8 Å². The number of sulfonamides is 1. The zero-order valence-electron chi connectivity index (χ0n) is 19.8. The fraction of sp³-hybridized carbons (Fsp3) is 0.500. The summed E-state index contributed by atoms with van der Waals surface area (Å²) in [5.74, 6) is -0.661. The summed E-state index contributed by atoms with van der Waals surface area (Å²) in [6.45, 7) is 4.25. The molecular formula is C22H28FN5O6S2. The fourth-order valence-electron chi connectivity index (χ4n) is 3.76. The summed E-state index contributed by atoms with van der Waals surface area (Å²) in [6.07, 6.45) is 1.33. The van der Waals surface area contributed by atoms with E-state index in [2.05, 4.69) is 20.4 Å². The second kappa shape index (κ2) is 12.2. The van der Waals surface area contributed by atoms with Crippen molar-refractivity contribution in [3.8, 4) is 0 Å². The number of benzene rings is 1. The van der Waals surface area contributed by atoms with Gasteiger partial charge in [0.05, 0.1) is 30.9 Å². The van der Waals surface area contributed by atoms with Gasteiger partial charge in [-0.15, -0.1) is 0 Å². The Bertz CT molecular complexity index is 1160. The number of thiazole rings is 1. The maximum atomic E-state index is 13.3. The van der Waals surface area contributed by atoms with Crippen LogP contribution in [0.3, 0.4) is 0 Å². The van der Waals surface area contributed by atoms with Gasteiger partial charge < -0.3 is 14.3 Å². The molecule has 1 atom stereocenters. The number of amides is 1. The molecule has 0 bridgehead atoms. The van der Waals surface area contributed by atoms with Gasteiger partial charge in [0.15, 0.2) is 22.1 Å². The lowest BCUT2D eigenvalue weighted by molar-refractivity contribution is -0.110. The van der Waals surface area contributed by atoms with Crippen molar-refractivity contribution < 1.29 is 31.9 Å². The standard InChI is InChI=1S/C22H28FN5O6S2/c1-32-13-11-27-7-9-28(10-8-27)36(30,31)18-4-2-16(3-5-18)20(26-34-17-6-12-33-15-17)21(29)25-22-24-14-19(23)35-22/h2-5,14,17H,6-13,15H2,1H3,(H,24,25,29)/b26-20+/t17-/m1/s1. The van der Waals surface area contributed by atoms with E-state index >= 15 is 0 Å². The number of nitrogens with zero attached hydrogens (tertiary/aromatic N) is 4. The highest BCUT2D eigenvalue weighted by atomic mass is 32.2. The lowest BCUT2D eigenvalue weighted by atomic mass is 10.1. The van der Waals surface area contributed by atoms with E-state index in [1.807, 2.05) is 0 Å². The minimum absolute atomic E-state index is 0.0678. The highest BCUT2D eigenvalue weighted by Gasteiger charge is 2.29. The molecule has 2 aliphatic rings. The molecule has 0 unspecified atom stereocenters. The fourth-order valence-corrected chi connectivity index (χ4v) is 5.73. The van der Waals surface area contributed by atoms with Gasteiger partial charge in [-0.2, -0.15) is 8.70 Å². The van der Waals surface area contributed by atoms with Crippen LogP contribution in [0.1, 0.15) is 12.0 Å². The maximum Gasteiger partial charge on any atom is 0.280 e. The molecule has 0 radical (unpaired) electrons. The predicted octanol–water partition coefficient (Wildman–Crippen LogP) is 1.38. The van der Waals surface area contributed by atoms with E-state index in [0.29, 0.717) is 69.3 Å². The van der Waals surface area contributed by atoms with Crippen LogP contribution in [-0.2, 0) is 29.1 Å². The summed E-state index contributed by atoms with van der Waals surface area (Å²) < 4.78 is 51.4. The number of methoxy groups -OCH3 is 1. The first-order valence-electron chi connectivity index (χ1n) is 11.4. The number of anilines is 1. The molecule has 14 heteroatoms. The SMILES string of the molecule is COCCN1CCN(S(=O)(=O)c2ccc(/C(=N\O[C@@H]3CCOC3)C(=O)Nc3ncc(F)s3)cc2)CC1. The Morgan fingerprint density at radius 2 is 2.03 bits per heavy atom. The lowest BCUT2D eigenvalue weighted by Crippen LogP contribution is -2.49. The van der Waals surface area contributed by atoms with Gasteiger partial charge in [-0.1, -0.05) is 28.6 Å². The molecule has 3 heterocycles. The van der Waals surface area contributed by atoms with Gasteiger partial charge in [-0.25, -0.2) is 13.4 Å². The van der Waals surface area contributed by atoms with Crippen LogP contribution in [0.5, 0.6) is 0 Å². The summed E-state index contributed by atoms with van der Waals surface area (Å²) >= 11 is 0.677. The quantitative estimate of drug-likeness (QED) is 0.354. The number of hydrogen-bond donors (Lipinski definition) is 1. The molecule has 2 fully saturated rings. The minimum atomic E-state index is -3.70. The third kappa shape index (κ3) is 6.63. The Labute approximate surface area is 212 Å². The molecule has 0 spiro atoms. The molecule has 4 rings (SSSR count). The van der Waals surface area contributed by atoms with E-state index in [1.165, 1.54) is 28.6 Å². The summed E-state index contributed by atoms with van der Waals surface area (Å²) in [7, 11) is -2.07. The van der Waals surface area contributed by atoms with Crippen LogP contribution in [0.15, 0.2) is 40.5 Å². The number of piperazine rings is 1. The van der Waals surface area contributed by atoms with Gasteiger partial charge in [0.2, 0.25) is 10.0 Å². The van der Waals surface area contributed by atoms with Crippen LogP contribution in [0.4, 0.5) is 9.52 Å². The highest BCUT2D eigenvalue weighted by molar-refractivity contribution is 7.89. The largest absolute Gasteiger partial charge is 0.389 e. The van der Waals surface area contributed by atoms with Crippen molar-refractivity contribution in [3.63, 3.8) is 0 Å². The van der Waals surface area contributed by atoms with Crippen molar-refractivity contribution in [2.45, 2.75) is 17.4 Å². The molecule has 36 heavy (non-hydrogen) atoms. The Kier molecular flexibility index (Phi) is 8.98. The average molecular weight is 542 g/mol. The molecule has 2 aromatic rings. The Morgan fingerprint density at radius 3 is 2.64 bits per heavy atom. The summed E-state index contributed by atoms with van der Waals surface area (Å²) in [6, 6.07) is 5.87. The number of oxime groups is 1. The van der Waals surface area contributed by atoms with Crippen LogP contribution in [0, 0.1) is 5.13 Å². The summed E-state index contributed by atoms with van der Waals surface area (Å²) in [4.78, 5) is 24.5. The molecule has 1 aromatic carbocycles. The molecule has 1 N–H and O–H groups in total. The lowest BCUT2D eigenvalue weighted by Gasteiger charge is -2.33. The molecule has 11 nitrogen and oxygen atoms in total.